The van der Waals surface area contributed by atoms with Gasteiger partial charge in [0, 0.05) is 7.11 Å². The van der Waals surface area contributed by atoms with Crippen LogP contribution in [0.4, 0.5) is 0 Å². The Bertz CT molecular complexity index is 4.53. The third-order valence-electron chi connectivity index (χ3n) is 0. The lowest BCUT2D eigenvalue weighted by Crippen LogP contribution is -1.25. The summed E-state index contributed by atoms with van der Waals surface area (Å²) in [5.41, 5.74) is 0. The average Bonchev–Trinajstić information content (AvgIpc) is 1.00. The van der Waals surface area contributed by atoms with Gasteiger partial charge in [0.05, 0.1) is 0 Å². The van der Waals surface area contributed by atoms with Crippen molar-refractivity contribution in [3.8, 4) is 0 Å². The van der Waals surface area contributed by atoms with Crippen LogP contribution in [0.15, 0.2) is 0 Å². The maximum Gasteiger partial charge on any atom is 0.0319 e. The maximum absolute atomic E-state index is 7.00. The molecule has 0 aromatic rings. The molecule has 0 rings (SSSR count). The highest BCUT2D eigenvalue weighted by molar-refractivity contribution is 3.18. The molecule has 0 unspecified atom stereocenters. The van der Waals surface area contributed by atoms with Gasteiger partial charge in [-0.05, 0) is 0 Å². The fourth-order valence-electron chi connectivity index (χ4n) is 0. The molecule has 15 N–H and O–H groups in total. The molecule has 0 atom stereocenters. The van der Waals surface area contributed by atoms with Crippen LogP contribution >= 0.6 is 0 Å². The molecule has 8 heteroatoms. The van der Waals surface area contributed by atoms with Crippen LogP contribution in [0.5, 0.6) is 0 Å². The zero-order chi connectivity index (χ0) is 2.00. The minimum absolute atomic E-state index is 0. The van der Waals surface area contributed by atoms with E-state index in [1.54, 1.807) is 0 Å². The maximum atomic E-state index is 7.00. The fraction of sp³-hybridized carbons (Fsp3) is 1.00. The molecule has 0 saturated heterocycles. The summed E-state index contributed by atoms with van der Waals surface area (Å²) in [4.78, 5) is 0. The molecule has 0 aromatic heterocycles. The molecule has 0 spiro atoms. The first-order valence-corrected chi connectivity index (χ1v) is 0.447. The summed E-state index contributed by atoms with van der Waals surface area (Å²) in [6.07, 6.45) is 0. The van der Waals surface area contributed by atoms with Gasteiger partial charge in [-0.2, -0.15) is 0 Å². The topological polar surface area (TPSA) is 241 Å². The van der Waals surface area contributed by atoms with Crippen LogP contribution in [0.2, 0.25) is 0 Å². The van der Waals surface area contributed by atoms with Gasteiger partial charge in [0.2, 0.25) is 0 Å². The molecule has 0 amide bonds. The Morgan fingerprint density at radius 2 is 0.444 bits per heavy atom. The predicted molar refractivity (Wildman–Crippen MR) is 33.4 cm³/mol. The van der Waals surface area contributed by atoms with Gasteiger partial charge in [-0.15, -0.1) is 0 Å². The second kappa shape index (κ2) is 3350. The third kappa shape index (κ3) is 2420. The van der Waals surface area contributed by atoms with E-state index >= 15 is 0 Å². The Labute approximate surface area is 51.9 Å². The van der Waals surface area contributed by atoms with E-state index in [1.807, 2.05) is 0 Å². The quantitative estimate of drug-likeness (QED) is 0.355. The van der Waals surface area contributed by atoms with E-state index in [0.717, 1.165) is 7.11 Å². The van der Waals surface area contributed by atoms with Crippen molar-refractivity contribution in [2.45, 2.75) is 0 Å². The summed E-state index contributed by atoms with van der Waals surface area (Å²) in [5.74, 6) is 0. The van der Waals surface area contributed by atoms with E-state index in [4.69, 9.17) is 5.11 Å². The molecule has 0 fully saturated rings. The first-order valence-electron chi connectivity index (χ1n) is 0.447. The summed E-state index contributed by atoms with van der Waals surface area (Å²) >= 11 is 0. The first kappa shape index (κ1) is 1110. The fourth-order valence-corrected chi connectivity index (χ4v) is 0. The van der Waals surface area contributed by atoms with Crippen molar-refractivity contribution in [2.75, 3.05) is 7.11 Å². The molecule has 0 aliphatic heterocycles. The Hall–Kier alpha value is -0.320. The molecule has 8 nitrogen and oxygen atoms in total. The van der Waals surface area contributed by atoms with Crippen molar-refractivity contribution in [2.24, 2.45) is 0 Å². The molecule has 0 saturated carbocycles. The van der Waals surface area contributed by atoms with Crippen LogP contribution in [-0.2, 0) is 0 Å². The Morgan fingerprint density at radius 3 is 0.444 bits per heavy atom. The van der Waals surface area contributed by atoms with Gasteiger partial charge in [0.1, 0.15) is 0 Å². The highest BCUT2D eigenvalue weighted by atomic mass is 16.2. The van der Waals surface area contributed by atoms with Crippen molar-refractivity contribution >= 4 is 0 Å². The van der Waals surface area contributed by atoms with Gasteiger partial charge >= 0.3 is 0 Å². The van der Waals surface area contributed by atoms with Crippen molar-refractivity contribution < 1.29 is 43.4 Å². The Balaban J connectivity index is -0.000000000238. The summed E-state index contributed by atoms with van der Waals surface area (Å²) in [5, 5.41) is 7.00. The monoisotopic (exact) mass is 158 g/mol. The standard InChI is InChI=1S/CH4O.7H2O/c1-2;;;;;;;/h2H,1H3;7*1H2. The van der Waals surface area contributed by atoms with E-state index in [0.29, 0.717) is 0 Å². The number of aliphatic hydroxyl groups is 1. The zero-order valence-corrected chi connectivity index (χ0v) is 4.95. The number of rotatable bonds is 0. The number of aliphatic hydroxyl groups excluding tert-OH is 1. The van der Waals surface area contributed by atoms with Gasteiger partial charge in [0.15, 0.2) is 0 Å². The van der Waals surface area contributed by atoms with Crippen LogP contribution in [0, 0.1) is 0 Å². The van der Waals surface area contributed by atoms with Crippen LogP contribution in [-0.4, -0.2) is 50.5 Å². The van der Waals surface area contributed by atoms with Gasteiger partial charge in [0.25, 0.3) is 0 Å². The van der Waals surface area contributed by atoms with Gasteiger partial charge in [-0.3, -0.25) is 0 Å². The van der Waals surface area contributed by atoms with Gasteiger partial charge in [-0.25, -0.2) is 0 Å². The normalized spacial score (nSPS) is 0.667. The minimum Gasteiger partial charge on any atom is -0.412 e. The van der Waals surface area contributed by atoms with Crippen molar-refractivity contribution in [1.29, 1.82) is 0 Å². The summed E-state index contributed by atoms with van der Waals surface area (Å²) in [6, 6.07) is 0. The van der Waals surface area contributed by atoms with Crippen LogP contribution in [0.3, 0.4) is 0 Å². The molecule has 0 aliphatic carbocycles. The van der Waals surface area contributed by atoms with Crippen molar-refractivity contribution in [3.05, 3.63) is 0 Å². The Kier molecular flexibility index (Phi) is 412000. The summed E-state index contributed by atoms with van der Waals surface area (Å²) < 4.78 is 0. The predicted octanol–water partition coefficient (Wildman–Crippen LogP) is -6.16. The molecule has 0 aliphatic rings. The summed E-state index contributed by atoms with van der Waals surface area (Å²) in [6.45, 7) is 0. The lowest BCUT2D eigenvalue weighted by atomic mass is 11.8. The number of hydrogen-bond acceptors (Lipinski definition) is 1. The van der Waals surface area contributed by atoms with Gasteiger partial charge < -0.3 is 43.4 Å². The first-order chi connectivity index (χ1) is 1.00. The molecule has 9 heavy (non-hydrogen) atoms. The van der Waals surface area contributed by atoms with Crippen molar-refractivity contribution in [1.82, 2.24) is 0 Å². The highest BCUT2D eigenvalue weighted by Crippen LogP contribution is 0.755. The molecule has 0 bridgehead atoms. The third-order valence-corrected chi connectivity index (χ3v) is 0. The molecule has 0 heterocycles. The highest BCUT2D eigenvalue weighted by Gasteiger charge is 0.839. The van der Waals surface area contributed by atoms with Crippen LogP contribution in [0.25, 0.3) is 0 Å². The smallest absolute Gasteiger partial charge is 0.0319 e. The molecular weight excluding hydrogens is 140 g/mol. The lowest BCUT2D eigenvalue weighted by Gasteiger charge is -1.21. The zero-order valence-electron chi connectivity index (χ0n) is 4.95. The SMILES string of the molecule is CO.O.O.O.O.O.O.O. The Morgan fingerprint density at radius 1 is 0.444 bits per heavy atom. The lowest BCUT2D eigenvalue weighted by molar-refractivity contribution is 0.399. The molecule has 0 aromatic carbocycles. The summed E-state index contributed by atoms with van der Waals surface area (Å²) in [7, 11) is 1.00. The van der Waals surface area contributed by atoms with Gasteiger partial charge in [-0.1, -0.05) is 0 Å². The molecular formula is CH18O8. The van der Waals surface area contributed by atoms with Crippen molar-refractivity contribution in [3.63, 3.8) is 0 Å². The van der Waals surface area contributed by atoms with Crippen LogP contribution in [0.1, 0.15) is 0 Å². The molecule has 0 radical (unpaired) electrons. The van der Waals surface area contributed by atoms with Crippen LogP contribution < -0.4 is 0 Å². The second-order valence-corrected chi connectivity index (χ2v) is 0. The minimum atomic E-state index is 0. The van der Waals surface area contributed by atoms with E-state index in [1.165, 1.54) is 0 Å². The average molecular weight is 158 g/mol. The molecule has 70 valence electrons. The number of hydrogen-bond donors (Lipinski definition) is 1. The second-order valence-electron chi connectivity index (χ2n) is 0. The van der Waals surface area contributed by atoms with E-state index < -0.39 is 0 Å². The largest absolute Gasteiger partial charge is 0.412 e. The van der Waals surface area contributed by atoms with E-state index in [9.17, 15) is 0 Å². The van der Waals surface area contributed by atoms with E-state index in [2.05, 4.69) is 0 Å². The van der Waals surface area contributed by atoms with E-state index in [-0.39, 0.29) is 38.3 Å².